The molecule has 0 saturated carbocycles. The molecule has 0 radical (unpaired) electrons. The summed E-state index contributed by atoms with van der Waals surface area (Å²) in [5.41, 5.74) is 2.39. The number of hydrogen-bond donors (Lipinski definition) is 2. The first-order valence-electron chi connectivity index (χ1n) is 14.4. The Bertz CT molecular complexity index is 1000. The van der Waals surface area contributed by atoms with Crippen LogP contribution in [0.3, 0.4) is 0 Å². The third-order valence-electron chi connectivity index (χ3n) is 8.15. The number of benzene rings is 2. The fourth-order valence-electron chi connectivity index (χ4n) is 5.92. The number of thiol groups is 1. The second kappa shape index (κ2) is 16.9. The number of hydrogen-bond acceptors (Lipinski definition) is 5. The standard InChI is InChI=1S/C23H26ClNO2.C9H19NOS/c1-25-19-11-12-21(25)22(17-7-9-18(24)10-8-17)20(15-19)23(26)27-14-13-16-5-3-2-4-6-16;1-10-9(11)7-5-3-2-4-6-8-12/h2-10,19-22H,11-15H2,1H3;12H,2-8H2,1H3,(H,10,11)/t19-,20?,21+,22?;/m1./s1. The third kappa shape index (κ3) is 9.84. The number of rotatable bonds is 12. The topological polar surface area (TPSA) is 58.6 Å². The highest BCUT2D eigenvalue weighted by atomic mass is 35.5. The van der Waals surface area contributed by atoms with Gasteiger partial charge in [0, 0.05) is 42.9 Å². The van der Waals surface area contributed by atoms with Crippen LogP contribution in [0.5, 0.6) is 0 Å². The van der Waals surface area contributed by atoms with Crippen LogP contribution in [0.15, 0.2) is 54.6 Å². The van der Waals surface area contributed by atoms with Crippen LogP contribution in [0.2, 0.25) is 5.02 Å². The van der Waals surface area contributed by atoms with Crippen molar-refractivity contribution in [2.45, 2.75) is 82.2 Å². The highest BCUT2D eigenvalue weighted by molar-refractivity contribution is 7.80. The van der Waals surface area contributed by atoms with Crippen LogP contribution < -0.4 is 5.32 Å². The maximum Gasteiger partial charge on any atom is 0.309 e. The maximum absolute atomic E-state index is 13.0. The van der Waals surface area contributed by atoms with Crippen molar-refractivity contribution in [3.05, 3.63) is 70.7 Å². The molecule has 39 heavy (non-hydrogen) atoms. The van der Waals surface area contributed by atoms with Crippen molar-refractivity contribution in [1.29, 1.82) is 0 Å². The first kappa shape index (κ1) is 31.5. The molecule has 2 saturated heterocycles. The summed E-state index contributed by atoms with van der Waals surface area (Å²) < 4.78 is 5.74. The van der Waals surface area contributed by atoms with Crippen molar-refractivity contribution in [3.8, 4) is 0 Å². The van der Waals surface area contributed by atoms with Gasteiger partial charge in [0.05, 0.1) is 12.5 Å². The summed E-state index contributed by atoms with van der Waals surface area (Å²) in [6.45, 7) is 0.442. The highest BCUT2D eigenvalue weighted by Crippen LogP contribution is 2.47. The number of amides is 1. The zero-order chi connectivity index (χ0) is 28.0. The number of carbonyl (C=O) groups excluding carboxylic acids is 2. The van der Waals surface area contributed by atoms with Crippen LogP contribution >= 0.6 is 24.2 Å². The van der Waals surface area contributed by atoms with Crippen molar-refractivity contribution in [1.82, 2.24) is 10.2 Å². The van der Waals surface area contributed by atoms with E-state index in [2.05, 4.69) is 54.2 Å². The molecule has 214 valence electrons. The molecule has 2 aliphatic rings. The van der Waals surface area contributed by atoms with E-state index in [1.165, 1.54) is 43.2 Å². The number of nitrogens with zero attached hydrogens (tertiary/aromatic N) is 1. The normalized spacial score (nSPS) is 22.1. The molecule has 2 unspecified atom stereocenters. The Hall–Kier alpha value is -2.02. The van der Waals surface area contributed by atoms with Crippen molar-refractivity contribution in [2.24, 2.45) is 5.92 Å². The van der Waals surface area contributed by atoms with Gasteiger partial charge in [-0.3, -0.25) is 14.5 Å². The molecule has 2 fully saturated rings. The predicted molar refractivity (Wildman–Crippen MR) is 164 cm³/mol. The molecule has 2 aromatic carbocycles. The molecule has 5 nitrogen and oxygen atoms in total. The number of likely N-dealkylation sites (N-methyl/N-ethyl adjacent to an activating group) is 1. The van der Waals surface area contributed by atoms with Crippen LogP contribution in [0.4, 0.5) is 0 Å². The number of unbranched alkanes of at least 4 members (excludes halogenated alkanes) is 4. The summed E-state index contributed by atoms with van der Waals surface area (Å²) >= 11 is 10.2. The number of piperidine rings is 1. The summed E-state index contributed by atoms with van der Waals surface area (Å²) in [5.74, 6) is 1.20. The van der Waals surface area contributed by atoms with Crippen molar-refractivity contribution in [3.63, 3.8) is 0 Å². The number of fused-ring (bicyclic) bond motifs is 2. The van der Waals surface area contributed by atoms with Gasteiger partial charge >= 0.3 is 5.97 Å². The van der Waals surface area contributed by atoms with Crippen LogP contribution in [0.1, 0.15) is 74.8 Å². The molecular weight excluding hydrogens is 528 g/mol. The molecule has 2 heterocycles. The van der Waals surface area contributed by atoms with Gasteiger partial charge in [-0.1, -0.05) is 73.3 Å². The van der Waals surface area contributed by atoms with Crippen molar-refractivity contribution >= 4 is 36.1 Å². The van der Waals surface area contributed by atoms with E-state index in [4.69, 9.17) is 16.3 Å². The first-order chi connectivity index (χ1) is 18.9. The number of nitrogens with one attached hydrogen (secondary N) is 1. The minimum Gasteiger partial charge on any atom is -0.465 e. The molecule has 1 N–H and O–H groups in total. The number of esters is 1. The third-order valence-corrected chi connectivity index (χ3v) is 8.71. The van der Waals surface area contributed by atoms with E-state index in [1.807, 2.05) is 30.3 Å². The Kier molecular flexibility index (Phi) is 13.7. The largest absolute Gasteiger partial charge is 0.465 e. The lowest BCUT2D eigenvalue weighted by molar-refractivity contribution is -0.152. The summed E-state index contributed by atoms with van der Waals surface area (Å²) in [6, 6.07) is 19.1. The average Bonchev–Trinajstić information content (AvgIpc) is 3.18. The van der Waals surface area contributed by atoms with Crippen molar-refractivity contribution < 1.29 is 14.3 Å². The van der Waals surface area contributed by atoms with Gasteiger partial charge in [-0.25, -0.2) is 0 Å². The summed E-state index contributed by atoms with van der Waals surface area (Å²) in [5, 5.41) is 3.35. The lowest BCUT2D eigenvalue weighted by Crippen LogP contribution is -2.48. The Labute approximate surface area is 245 Å². The summed E-state index contributed by atoms with van der Waals surface area (Å²) in [6.07, 6.45) is 10.5. The number of halogens is 1. The zero-order valence-electron chi connectivity index (χ0n) is 23.5. The minimum atomic E-state index is -0.0735. The van der Waals surface area contributed by atoms with E-state index >= 15 is 0 Å². The Morgan fingerprint density at radius 3 is 2.38 bits per heavy atom. The zero-order valence-corrected chi connectivity index (χ0v) is 25.1. The molecule has 2 aromatic rings. The molecule has 0 spiro atoms. The summed E-state index contributed by atoms with van der Waals surface area (Å²) in [7, 11) is 3.88. The fraction of sp³-hybridized carbons (Fsp3) is 0.562. The van der Waals surface area contributed by atoms with E-state index < -0.39 is 0 Å². The summed E-state index contributed by atoms with van der Waals surface area (Å²) in [4.78, 5) is 26.2. The van der Waals surface area contributed by atoms with E-state index in [0.29, 0.717) is 25.1 Å². The van der Waals surface area contributed by atoms with Crippen LogP contribution in [-0.4, -0.2) is 55.3 Å². The van der Waals surface area contributed by atoms with Gasteiger partial charge < -0.3 is 10.1 Å². The number of carbonyl (C=O) groups is 2. The molecule has 2 bridgehead atoms. The van der Waals surface area contributed by atoms with Crippen molar-refractivity contribution in [2.75, 3.05) is 26.5 Å². The second-order valence-corrected chi connectivity index (χ2v) is 11.6. The predicted octanol–water partition coefficient (Wildman–Crippen LogP) is 6.70. The Balaban J connectivity index is 0.000000298. The van der Waals surface area contributed by atoms with E-state index in [1.54, 1.807) is 7.05 Å². The molecule has 7 heteroatoms. The van der Waals surface area contributed by atoms with Crippen LogP contribution in [0.25, 0.3) is 0 Å². The Morgan fingerprint density at radius 2 is 1.69 bits per heavy atom. The molecule has 2 aliphatic heterocycles. The molecule has 4 rings (SSSR count). The fourth-order valence-corrected chi connectivity index (χ4v) is 6.27. The van der Waals surface area contributed by atoms with Gasteiger partial charge in [0.1, 0.15) is 0 Å². The van der Waals surface area contributed by atoms with Gasteiger partial charge in [-0.2, -0.15) is 12.6 Å². The SMILES string of the molecule is CN1[C@@H]2CC[C@H]1C(c1ccc(Cl)cc1)C(C(=O)OCCc1ccccc1)C2.CNC(=O)CCCCCCCS. The molecular formula is C32H45ClN2O3S. The van der Waals surface area contributed by atoms with Gasteiger partial charge in [0.15, 0.2) is 0 Å². The van der Waals surface area contributed by atoms with Crippen LogP contribution in [-0.2, 0) is 20.7 Å². The van der Waals surface area contributed by atoms with E-state index in [0.717, 1.165) is 36.5 Å². The van der Waals surface area contributed by atoms with Gasteiger partial charge in [0.2, 0.25) is 5.91 Å². The van der Waals surface area contributed by atoms with E-state index in [-0.39, 0.29) is 23.7 Å². The lowest BCUT2D eigenvalue weighted by Gasteiger charge is -2.42. The molecule has 4 atom stereocenters. The quantitative estimate of drug-likeness (QED) is 0.169. The highest BCUT2D eigenvalue weighted by Gasteiger charge is 2.49. The first-order valence-corrected chi connectivity index (χ1v) is 15.4. The monoisotopic (exact) mass is 572 g/mol. The average molecular weight is 573 g/mol. The van der Waals surface area contributed by atoms with E-state index in [9.17, 15) is 9.59 Å². The smallest absolute Gasteiger partial charge is 0.309 e. The maximum atomic E-state index is 13.0. The number of ether oxygens (including phenoxy) is 1. The van der Waals surface area contributed by atoms with Gasteiger partial charge in [-0.15, -0.1) is 0 Å². The molecule has 0 aliphatic carbocycles. The molecule has 1 amide bonds. The second-order valence-electron chi connectivity index (χ2n) is 10.7. The van der Waals surface area contributed by atoms with Gasteiger partial charge in [0.25, 0.3) is 0 Å². The minimum absolute atomic E-state index is 0.0455. The van der Waals surface area contributed by atoms with Gasteiger partial charge in [-0.05, 0) is 68.2 Å². The lowest BCUT2D eigenvalue weighted by atomic mass is 9.76. The Morgan fingerprint density at radius 1 is 1.00 bits per heavy atom. The molecule has 0 aromatic heterocycles. The van der Waals surface area contributed by atoms with Crippen LogP contribution in [0, 0.1) is 5.92 Å².